The van der Waals surface area contributed by atoms with E-state index in [2.05, 4.69) is 11.8 Å². The van der Waals surface area contributed by atoms with Crippen molar-refractivity contribution in [3.63, 3.8) is 0 Å². The molecule has 3 nitrogen and oxygen atoms in total. The molecule has 1 saturated heterocycles. The average Bonchev–Trinajstić information content (AvgIpc) is 2.91. The second-order valence-electron chi connectivity index (χ2n) is 4.41. The van der Waals surface area contributed by atoms with Crippen molar-refractivity contribution in [2.75, 3.05) is 26.4 Å². The minimum Gasteiger partial charge on any atom is -0.381 e. The van der Waals surface area contributed by atoms with Crippen LogP contribution < -0.4 is 5.73 Å². The Bertz CT molecular complexity index is 428. The summed E-state index contributed by atoms with van der Waals surface area (Å²) >= 11 is 0. The maximum atomic E-state index is 5.75. The van der Waals surface area contributed by atoms with E-state index in [0.717, 1.165) is 37.4 Å². The van der Waals surface area contributed by atoms with Gasteiger partial charge in [0.2, 0.25) is 0 Å². The highest BCUT2D eigenvalue weighted by Crippen LogP contribution is 2.14. The number of hydrogen-bond donors (Lipinski definition) is 1. The van der Waals surface area contributed by atoms with Crippen LogP contribution in [0.3, 0.4) is 0 Å². The molecule has 0 amide bonds. The normalized spacial score (nSPS) is 18.4. The lowest BCUT2D eigenvalue weighted by Crippen LogP contribution is -2.09. The Balaban J connectivity index is 1.87. The molecule has 3 heteroatoms. The van der Waals surface area contributed by atoms with Crippen molar-refractivity contribution in [3.05, 3.63) is 35.4 Å². The molecule has 0 saturated carbocycles. The summed E-state index contributed by atoms with van der Waals surface area (Å²) < 4.78 is 11.1. The molecule has 0 aliphatic carbocycles. The van der Waals surface area contributed by atoms with Gasteiger partial charge in [0, 0.05) is 18.1 Å². The first kappa shape index (κ1) is 13.1. The van der Waals surface area contributed by atoms with Crippen LogP contribution in [0.2, 0.25) is 0 Å². The fraction of sp³-hybridized carbons (Fsp3) is 0.467. The fourth-order valence-electron chi connectivity index (χ4n) is 1.96. The monoisotopic (exact) mass is 245 g/mol. The van der Waals surface area contributed by atoms with Gasteiger partial charge in [0.15, 0.2) is 0 Å². The standard InChI is InChI=1S/C15H19NO2/c16-8-3-6-14-4-1-2-5-15(14)12-18-11-13-7-9-17-10-13/h1-2,4-5,13H,7-12,16H2. The molecule has 1 fully saturated rings. The van der Waals surface area contributed by atoms with Crippen LogP contribution in [0, 0.1) is 17.8 Å². The van der Waals surface area contributed by atoms with Crippen molar-refractivity contribution in [2.24, 2.45) is 11.7 Å². The van der Waals surface area contributed by atoms with Gasteiger partial charge in [0.05, 0.1) is 26.4 Å². The summed E-state index contributed by atoms with van der Waals surface area (Å²) in [6, 6.07) is 8.03. The Labute approximate surface area is 108 Å². The predicted octanol–water partition coefficient (Wildman–Crippen LogP) is 1.55. The summed E-state index contributed by atoms with van der Waals surface area (Å²) in [5.41, 5.74) is 7.52. The first-order chi connectivity index (χ1) is 8.90. The summed E-state index contributed by atoms with van der Waals surface area (Å²) in [6.07, 6.45) is 1.11. The van der Waals surface area contributed by atoms with E-state index in [1.54, 1.807) is 0 Å². The Kier molecular flexibility index (Phi) is 5.22. The molecule has 1 unspecified atom stereocenters. The van der Waals surface area contributed by atoms with Gasteiger partial charge < -0.3 is 15.2 Å². The molecule has 1 aliphatic rings. The van der Waals surface area contributed by atoms with Gasteiger partial charge in [-0.15, -0.1) is 0 Å². The Morgan fingerprint density at radius 3 is 3.06 bits per heavy atom. The Hall–Kier alpha value is -1.34. The molecule has 96 valence electrons. The highest BCUT2D eigenvalue weighted by atomic mass is 16.5. The van der Waals surface area contributed by atoms with Crippen LogP contribution in [0.1, 0.15) is 17.5 Å². The molecule has 2 rings (SSSR count). The quantitative estimate of drug-likeness (QED) is 0.819. The zero-order chi connectivity index (χ0) is 12.6. The number of rotatable bonds is 4. The zero-order valence-corrected chi connectivity index (χ0v) is 10.5. The highest BCUT2D eigenvalue weighted by molar-refractivity contribution is 5.41. The van der Waals surface area contributed by atoms with E-state index in [1.165, 1.54) is 0 Å². The zero-order valence-electron chi connectivity index (χ0n) is 10.5. The molecular weight excluding hydrogens is 226 g/mol. The number of nitrogens with two attached hydrogens (primary N) is 1. The molecule has 1 atom stereocenters. The van der Waals surface area contributed by atoms with Crippen LogP contribution in [0.15, 0.2) is 24.3 Å². The number of ether oxygens (including phenoxy) is 2. The molecule has 1 aliphatic heterocycles. The van der Waals surface area contributed by atoms with Gasteiger partial charge >= 0.3 is 0 Å². The van der Waals surface area contributed by atoms with Crippen molar-refractivity contribution >= 4 is 0 Å². The second kappa shape index (κ2) is 7.17. The third-order valence-corrected chi connectivity index (χ3v) is 2.98. The Morgan fingerprint density at radius 2 is 2.28 bits per heavy atom. The van der Waals surface area contributed by atoms with Crippen molar-refractivity contribution in [1.82, 2.24) is 0 Å². The topological polar surface area (TPSA) is 44.5 Å². The molecule has 1 heterocycles. The maximum Gasteiger partial charge on any atom is 0.0729 e. The maximum absolute atomic E-state index is 5.75. The van der Waals surface area contributed by atoms with Gasteiger partial charge in [-0.05, 0) is 18.1 Å². The Morgan fingerprint density at radius 1 is 1.39 bits per heavy atom. The van der Waals surface area contributed by atoms with E-state index in [1.807, 2.05) is 24.3 Å². The lowest BCUT2D eigenvalue weighted by molar-refractivity contribution is 0.0790. The molecule has 0 aromatic heterocycles. The van der Waals surface area contributed by atoms with Gasteiger partial charge in [-0.25, -0.2) is 0 Å². The van der Waals surface area contributed by atoms with Crippen LogP contribution >= 0.6 is 0 Å². The van der Waals surface area contributed by atoms with Gasteiger partial charge in [0.25, 0.3) is 0 Å². The van der Waals surface area contributed by atoms with E-state index < -0.39 is 0 Å². The van der Waals surface area contributed by atoms with Crippen molar-refractivity contribution in [3.8, 4) is 11.8 Å². The molecule has 0 spiro atoms. The molecule has 18 heavy (non-hydrogen) atoms. The van der Waals surface area contributed by atoms with Crippen LogP contribution in [-0.2, 0) is 16.1 Å². The van der Waals surface area contributed by atoms with E-state index in [4.69, 9.17) is 15.2 Å². The minimum absolute atomic E-state index is 0.384. The minimum atomic E-state index is 0.384. The fourth-order valence-corrected chi connectivity index (χ4v) is 1.96. The predicted molar refractivity (Wildman–Crippen MR) is 71.0 cm³/mol. The van der Waals surface area contributed by atoms with Gasteiger partial charge in [-0.2, -0.15) is 0 Å². The summed E-state index contributed by atoms with van der Waals surface area (Å²) in [6.45, 7) is 3.44. The third kappa shape index (κ3) is 3.85. The van der Waals surface area contributed by atoms with Gasteiger partial charge in [-0.1, -0.05) is 30.0 Å². The molecule has 1 aromatic rings. The largest absolute Gasteiger partial charge is 0.381 e. The highest BCUT2D eigenvalue weighted by Gasteiger charge is 2.15. The van der Waals surface area contributed by atoms with Crippen LogP contribution in [-0.4, -0.2) is 26.4 Å². The van der Waals surface area contributed by atoms with Crippen molar-refractivity contribution in [1.29, 1.82) is 0 Å². The van der Waals surface area contributed by atoms with Crippen LogP contribution in [0.25, 0.3) is 0 Å². The van der Waals surface area contributed by atoms with Gasteiger partial charge in [0.1, 0.15) is 0 Å². The lowest BCUT2D eigenvalue weighted by Gasteiger charge is -2.09. The lowest BCUT2D eigenvalue weighted by atomic mass is 10.1. The van der Waals surface area contributed by atoms with Crippen molar-refractivity contribution in [2.45, 2.75) is 13.0 Å². The average molecular weight is 245 g/mol. The van der Waals surface area contributed by atoms with Crippen LogP contribution in [0.5, 0.6) is 0 Å². The number of benzene rings is 1. The van der Waals surface area contributed by atoms with E-state index in [-0.39, 0.29) is 0 Å². The van der Waals surface area contributed by atoms with Crippen molar-refractivity contribution < 1.29 is 9.47 Å². The first-order valence-electron chi connectivity index (χ1n) is 6.32. The van der Waals surface area contributed by atoms with E-state index in [9.17, 15) is 0 Å². The second-order valence-corrected chi connectivity index (χ2v) is 4.41. The number of hydrogen-bond acceptors (Lipinski definition) is 3. The molecule has 2 N–H and O–H groups in total. The molecule has 0 bridgehead atoms. The summed E-state index contributed by atoms with van der Waals surface area (Å²) in [5.74, 6) is 6.50. The third-order valence-electron chi connectivity index (χ3n) is 2.98. The van der Waals surface area contributed by atoms with Gasteiger partial charge in [-0.3, -0.25) is 0 Å². The SMILES string of the molecule is NCC#Cc1ccccc1COCC1CCOC1. The van der Waals surface area contributed by atoms with Crippen LogP contribution in [0.4, 0.5) is 0 Å². The molecule has 0 radical (unpaired) electrons. The smallest absolute Gasteiger partial charge is 0.0729 e. The molecule has 1 aromatic carbocycles. The van der Waals surface area contributed by atoms with E-state index >= 15 is 0 Å². The molecular formula is C15H19NO2. The first-order valence-corrected chi connectivity index (χ1v) is 6.32. The van der Waals surface area contributed by atoms with E-state index in [0.29, 0.717) is 19.1 Å². The summed E-state index contributed by atoms with van der Waals surface area (Å²) in [5, 5.41) is 0. The summed E-state index contributed by atoms with van der Waals surface area (Å²) in [7, 11) is 0. The summed E-state index contributed by atoms with van der Waals surface area (Å²) in [4.78, 5) is 0.